The minimum absolute atomic E-state index is 0.0142. The minimum atomic E-state index is -0.387. The first kappa shape index (κ1) is 17.3. The predicted octanol–water partition coefficient (Wildman–Crippen LogP) is 0.458. The number of nitrogens with zero attached hydrogens (tertiary/aromatic N) is 3. The zero-order chi connectivity index (χ0) is 17.3. The molecule has 1 aromatic heterocycles. The molecule has 7 nitrogen and oxygen atoms in total. The molecule has 1 spiro atoms. The van der Waals surface area contributed by atoms with Crippen molar-refractivity contribution in [3.63, 3.8) is 0 Å². The number of aliphatic hydroxyl groups is 2. The Morgan fingerprint density at radius 1 is 1.38 bits per heavy atom. The first-order valence-electron chi connectivity index (χ1n) is 8.48. The highest BCUT2D eigenvalue weighted by Gasteiger charge is 2.56. The van der Waals surface area contributed by atoms with E-state index in [4.69, 9.17) is 9.84 Å². The lowest BCUT2D eigenvalue weighted by Gasteiger charge is -2.56. The molecular formula is C17H25N3O4. The third-order valence-corrected chi connectivity index (χ3v) is 5.32. The van der Waals surface area contributed by atoms with Gasteiger partial charge in [-0.2, -0.15) is 0 Å². The highest BCUT2D eigenvalue weighted by molar-refractivity contribution is 5.92. The average Bonchev–Trinajstić information content (AvgIpc) is 2.57. The van der Waals surface area contributed by atoms with E-state index < -0.39 is 0 Å². The van der Waals surface area contributed by atoms with Crippen LogP contribution in [0.3, 0.4) is 0 Å². The van der Waals surface area contributed by atoms with E-state index >= 15 is 0 Å². The number of aromatic nitrogens is 2. The first-order valence-corrected chi connectivity index (χ1v) is 8.48. The Hall–Kier alpha value is -1.57. The summed E-state index contributed by atoms with van der Waals surface area (Å²) in [7, 11) is 0. The number of piperidine rings is 1. The maximum atomic E-state index is 12.7. The van der Waals surface area contributed by atoms with Gasteiger partial charge in [-0.05, 0) is 32.8 Å². The molecule has 0 aromatic carbocycles. The Kier molecular flexibility index (Phi) is 4.85. The fourth-order valence-electron chi connectivity index (χ4n) is 3.93. The van der Waals surface area contributed by atoms with Gasteiger partial charge in [0, 0.05) is 30.6 Å². The van der Waals surface area contributed by atoms with Crippen molar-refractivity contribution in [2.24, 2.45) is 5.41 Å². The molecule has 0 radical (unpaired) electrons. The minimum Gasteiger partial charge on any atom is -0.394 e. The predicted molar refractivity (Wildman–Crippen MR) is 86.5 cm³/mol. The standard InChI is InChI=1S/C17H25N3O4/c1-11-9-13(19-12(2)18-11)16(23)20-5-3-17(4-6-20)14(22)10-15(17)24-8-7-21/h9,14-15,21-22H,3-8,10H2,1-2H3. The van der Waals surface area contributed by atoms with E-state index in [2.05, 4.69) is 9.97 Å². The second kappa shape index (κ2) is 6.74. The maximum Gasteiger partial charge on any atom is 0.272 e. The number of amides is 1. The zero-order valence-electron chi connectivity index (χ0n) is 14.2. The number of rotatable bonds is 4. The van der Waals surface area contributed by atoms with Crippen LogP contribution in [0.15, 0.2) is 6.07 Å². The van der Waals surface area contributed by atoms with Crippen LogP contribution in [0.5, 0.6) is 0 Å². The smallest absolute Gasteiger partial charge is 0.272 e. The Morgan fingerprint density at radius 3 is 2.67 bits per heavy atom. The molecule has 2 heterocycles. The van der Waals surface area contributed by atoms with E-state index in [1.165, 1.54) is 0 Å². The summed E-state index contributed by atoms with van der Waals surface area (Å²) >= 11 is 0. The normalized spacial score (nSPS) is 25.6. The summed E-state index contributed by atoms with van der Waals surface area (Å²) in [5.74, 6) is 0.513. The second-order valence-corrected chi connectivity index (χ2v) is 6.80. The van der Waals surface area contributed by atoms with E-state index in [9.17, 15) is 9.90 Å². The summed E-state index contributed by atoms with van der Waals surface area (Å²) in [5.41, 5.74) is 0.938. The van der Waals surface area contributed by atoms with Gasteiger partial charge in [-0.15, -0.1) is 0 Å². The summed E-state index contributed by atoms with van der Waals surface area (Å²) in [6.45, 7) is 5.07. The van der Waals surface area contributed by atoms with E-state index in [1.54, 1.807) is 17.9 Å². The molecular weight excluding hydrogens is 310 g/mol. The van der Waals surface area contributed by atoms with Crippen LogP contribution in [0.2, 0.25) is 0 Å². The van der Waals surface area contributed by atoms with E-state index in [0.717, 1.165) is 5.69 Å². The van der Waals surface area contributed by atoms with Gasteiger partial charge in [0.2, 0.25) is 0 Å². The van der Waals surface area contributed by atoms with Gasteiger partial charge in [-0.3, -0.25) is 4.79 Å². The van der Waals surface area contributed by atoms with Gasteiger partial charge in [0.05, 0.1) is 25.4 Å². The number of hydrogen-bond donors (Lipinski definition) is 2. The lowest BCUT2D eigenvalue weighted by atomic mass is 9.58. The molecule has 1 saturated heterocycles. The van der Waals surface area contributed by atoms with Gasteiger partial charge in [-0.1, -0.05) is 0 Å². The molecule has 1 amide bonds. The number of likely N-dealkylation sites (tertiary alicyclic amines) is 1. The van der Waals surface area contributed by atoms with Crippen LogP contribution in [0.1, 0.15) is 41.3 Å². The van der Waals surface area contributed by atoms with Crippen LogP contribution in [-0.2, 0) is 4.74 Å². The van der Waals surface area contributed by atoms with Gasteiger partial charge in [0.25, 0.3) is 5.91 Å². The largest absolute Gasteiger partial charge is 0.394 e. The number of carbonyl (C=O) groups is 1. The Labute approximate surface area is 141 Å². The molecule has 2 unspecified atom stereocenters. The molecule has 0 bridgehead atoms. The molecule has 3 rings (SSSR count). The van der Waals surface area contributed by atoms with Crippen LogP contribution >= 0.6 is 0 Å². The molecule has 2 atom stereocenters. The van der Waals surface area contributed by atoms with Crippen LogP contribution < -0.4 is 0 Å². The average molecular weight is 335 g/mol. The Balaban J connectivity index is 1.65. The summed E-state index contributed by atoms with van der Waals surface area (Å²) in [6.07, 6.45) is 1.61. The van der Waals surface area contributed by atoms with E-state index in [0.29, 0.717) is 50.5 Å². The molecule has 2 aliphatic rings. The third kappa shape index (κ3) is 3.03. The van der Waals surface area contributed by atoms with Gasteiger partial charge in [-0.25, -0.2) is 9.97 Å². The van der Waals surface area contributed by atoms with Gasteiger partial charge >= 0.3 is 0 Å². The lowest BCUT2D eigenvalue weighted by Crippen LogP contribution is -2.62. The molecule has 7 heteroatoms. The number of aryl methyl sites for hydroxylation is 2. The summed E-state index contributed by atoms with van der Waals surface area (Å²) in [5, 5.41) is 19.2. The van der Waals surface area contributed by atoms with E-state index in [1.807, 2.05) is 6.92 Å². The van der Waals surface area contributed by atoms with Crippen molar-refractivity contribution in [3.8, 4) is 0 Å². The molecule has 24 heavy (non-hydrogen) atoms. The lowest BCUT2D eigenvalue weighted by molar-refractivity contribution is -0.211. The van der Waals surface area contributed by atoms with Crippen molar-refractivity contribution in [1.82, 2.24) is 14.9 Å². The van der Waals surface area contributed by atoms with Crippen molar-refractivity contribution < 1.29 is 19.7 Å². The highest BCUT2D eigenvalue weighted by atomic mass is 16.5. The van der Waals surface area contributed by atoms with Crippen molar-refractivity contribution >= 4 is 5.91 Å². The molecule has 1 saturated carbocycles. The van der Waals surface area contributed by atoms with Crippen LogP contribution in [0.25, 0.3) is 0 Å². The number of aliphatic hydroxyl groups excluding tert-OH is 2. The van der Waals surface area contributed by atoms with Crippen LogP contribution in [0, 0.1) is 19.3 Å². The van der Waals surface area contributed by atoms with Gasteiger partial charge < -0.3 is 19.8 Å². The molecule has 1 aliphatic carbocycles. The molecule has 2 fully saturated rings. The maximum absolute atomic E-state index is 12.7. The second-order valence-electron chi connectivity index (χ2n) is 6.80. The van der Waals surface area contributed by atoms with Gasteiger partial charge in [0.1, 0.15) is 11.5 Å². The number of carbonyl (C=O) groups excluding carboxylic acids is 1. The van der Waals surface area contributed by atoms with Crippen LogP contribution in [0.4, 0.5) is 0 Å². The van der Waals surface area contributed by atoms with Crippen molar-refractivity contribution in [2.45, 2.75) is 45.3 Å². The number of hydrogen-bond acceptors (Lipinski definition) is 6. The van der Waals surface area contributed by atoms with Crippen LogP contribution in [-0.4, -0.2) is 69.5 Å². The molecule has 132 valence electrons. The summed E-state index contributed by atoms with van der Waals surface area (Å²) in [4.78, 5) is 22.9. The quantitative estimate of drug-likeness (QED) is 0.830. The van der Waals surface area contributed by atoms with Crippen molar-refractivity contribution in [3.05, 3.63) is 23.3 Å². The topological polar surface area (TPSA) is 95.8 Å². The Bertz CT molecular complexity index is 594. The van der Waals surface area contributed by atoms with Crippen molar-refractivity contribution in [1.29, 1.82) is 0 Å². The van der Waals surface area contributed by atoms with E-state index in [-0.39, 0.29) is 30.1 Å². The zero-order valence-corrected chi connectivity index (χ0v) is 14.2. The monoisotopic (exact) mass is 335 g/mol. The molecule has 1 aliphatic heterocycles. The Morgan fingerprint density at radius 2 is 2.08 bits per heavy atom. The van der Waals surface area contributed by atoms with Crippen molar-refractivity contribution in [2.75, 3.05) is 26.3 Å². The summed E-state index contributed by atoms with van der Waals surface area (Å²) < 4.78 is 5.67. The number of ether oxygens (including phenoxy) is 1. The highest BCUT2D eigenvalue weighted by Crippen LogP contribution is 2.51. The van der Waals surface area contributed by atoms with Gasteiger partial charge in [0.15, 0.2) is 0 Å². The molecule has 2 N–H and O–H groups in total. The fraction of sp³-hybridized carbons (Fsp3) is 0.706. The third-order valence-electron chi connectivity index (χ3n) is 5.32. The molecule has 1 aromatic rings. The fourth-order valence-corrected chi connectivity index (χ4v) is 3.93. The SMILES string of the molecule is Cc1cc(C(=O)N2CCC3(CC2)C(O)CC3OCCO)nc(C)n1. The summed E-state index contributed by atoms with van der Waals surface area (Å²) in [6, 6.07) is 1.71. The first-order chi connectivity index (χ1) is 11.5.